The van der Waals surface area contributed by atoms with Crippen molar-refractivity contribution in [2.75, 3.05) is 31.9 Å². The van der Waals surface area contributed by atoms with E-state index in [1.807, 2.05) is 25.1 Å². The van der Waals surface area contributed by atoms with Gasteiger partial charge in [0.1, 0.15) is 5.82 Å². The van der Waals surface area contributed by atoms with Crippen LogP contribution in [0.3, 0.4) is 0 Å². The highest BCUT2D eigenvalue weighted by molar-refractivity contribution is 7.99. The van der Waals surface area contributed by atoms with Gasteiger partial charge in [0.2, 0.25) is 15.9 Å². The number of nitrogens with zero attached hydrogens (tertiary/aromatic N) is 2. The molecule has 1 heterocycles. The number of hydrogen-bond donors (Lipinski definition) is 0. The normalized spacial score (nSPS) is 15.6. The summed E-state index contributed by atoms with van der Waals surface area (Å²) in [6.07, 6.45) is 0. The number of rotatable bonds is 6. The van der Waals surface area contributed by atoms with Gasteiger partial charge in [0.25, 0.3) is 0 Å². The number of aryl methyl sites for hydroxylation is 1. The van der Waals surface area contributed by atoms with E-state index in [1.54, 1.807) is 16.7 Å². The van der Waals surface area contributed by atoms with E-state index in [2.05, 4.69) is 6.07 Å². The lowest BCUT2D eigenvalue weighted by atomic mass is 10.2. The van der Waals surface area contributed by atoms with Gasteiger partial charge in [-0.2, -0.15) is 4.31 Å². The summed E-state index contributed by atoms with van der Waals surface area (Å²) in [5.41, 5.74) is 2.39. The zero-order valence-electron chi connectivity index (χ0n) is 15.7. The van der Waals surface area contributed by atoms with Crippen LogP contribution in [-0.2, 0) is 20.6 Å². The summed E-state index contributed by atoms with van der Waals surface area (Å²) in [5, 5.41) is 0. The monoisotopic (exact) mass is 422 g/mol. The molecule has 8 heteroatoms. The molecule has 5 nitrogen and oxygen atoms in total. The van der Waals surface area contributed by atoms with Crippen molar-refractivity contribution in [1.82, 2.24) is 9.21 Å². The van der Waals surface area contributed by atoms with Gasteiger partial charge in [-0.15, -0.1) is 11.8 Å². The summed E-state index contributed by atoms with van der Waals surface area (Å²) in [5.74, 6) is 0.694. The molecule has 1 saturated heterocycles. The summed E-state index contributed by atoms with van der Waals surface area (Å²) in [4.78, 5) is 14.2. The predicted octanol–water partition coefficient (Wildman–Crippen LogP) is 2.90. The molecule has 1 aliphatic heterocycles. The number of thioether (sulfide) groups is 1. The van der Waals surface area contributed by atoms with Crippen LogP contribution in [0.25, 0.3) is 0 Å². The fourth-order valence-corrected chi connectivity index (χ4v) is 5.38. The Morgan fingerprint density at radius 1 is 1.07 bits per heavy atom. The smallest absolute Gasteiger partial charge is 0.243 e. The Balaban J connectivity index is 1.49. The highest BCUT2D eigenvalue weighted by Gasteiger charge is 2.29. The SMILES string of the molecule is Cc1cccc(CSCC(=O)N2CCN(S(=O)(=O)c3ccc(F)cc3)CC2)c1. The zero-order valence-corrected chi connectivity index (χ0v) is 17.3. The number of sulfonamides is 1. The van der Waals surface area contributed by atoms with Crippen molar-refractivity contribution in [2.45, 2.75) is 17.6 Å². The second-order valence-electron chi connectivity index (χ2n) is 6.72. The van der Waals surface area contributed by atoms with Crippen molar-refractivity contribution < 1.29 is 17.6 Å². The van der Waals surface area contributed by atoms with Gasteiger partial charge in [-0.1, -0.05) is 29.8 Å². The molecule has 0 N–H and O–H groups in total. The molecule has 0 atom stereocenters. The predicted molar refractivity (Wildman–Crippen MR) is 109 cm³/mol. The Hall–Kier alpha value is -1.90. The van der Waals surface area contributed by atoms with E-state index in [-0.39, 0.29) is 23.9 Å². The Bertz CT molecular complexity index is 925. The number of halogens is 1. The second kappa shape index (κ2) is 9.07. The molecule has 2 aromatic carbocycles. The lowest BCUT2D eigenvalue weighted by Crippen LogP contribution is -2.50. The summed E-state index contributed by atoms with van der Waals surface area (Å²) >= 11 is 1.56. The topological polar surface area (TPSA) is 57.7 Å². The molecule has 0 spiro atoms. The van der Waals surface area contributed by atoms with Crippen molar-refractivity contribution >= 4 is 27.7 Å². The number of benzene rings is 2. The first-order valence-corrected chi connectivity index (χ1v) is 11.6. The zero-order chi connectivity index (χ0) is 20.1. The number of carbonyl (C=O) groups is 1. The largest absolute Gasteiger partial charge is 0.339 e. The molecular formula is C20H23FN2O3S2. The second-order valence-corrected chi connectivity index (χ2v) is 9.64. The highest BCUT2D eigenvalue weighted by Crippen LogP contribution is 2.19. The maximum Gasteiger partial charge on any atom is 0.243 e. The van der Waals surface area contributed by atoms with Gasteiger partial charge in [0.15, 0.2) is 0 Å². The van der Waals surface area contributed by atoms with Crippen molar-refractivity contribution in [3.63, 3.8) is 0 Å². The van der Waals surface area contributed by atoms with Crippen LogP contribution < -0.4 is 0 Å². The Kier molecular flexibility index (Phi) is 6.74. The molecule has 0 bridgehead atoms. The van der Waals surface area contributed by atoms with Gasteiger partial charge >= 0.3 is 0 Å². The maximum absolute atomic E-state index is 13.0. The van der Waals surface area contributed by atoms with Crippen molar-refractivity contribution in [3.05, 3.63) is 65.5 Å². The fourth-order valence-electron chi connectivity index (χ4n) is 3.08. The summed E-state index contributed by atoms with van der Waals surface area (Å²) < 4.78 is 39.6. The summed E-state index contributed by atoms with van der Waals surface area (Å²) in [7, 11) is -3.66. The Morgan fingerprint density at radius 3 is 2.39 bits per heavy atom. The molecular weight excluding hydrogens is 399 g/mol. The van der Waals surface area contributed by atoms with E-state index >= 15 is 0 Å². The molecule has 0 aromatic heterocycles. The van der Waals surface area contributed by atoms with Crippen molar-refractivity contribution in [3.8, 4) is 0 Å². The minimum absolute atomic E-state index is 0.0245. The van der Waals surface area contributed by atoms with E-state index in [4.69, 9.17) is 0 Å². The third-order valence-electron chi connectivity index (χ3n) is 4.62. The van der Waals surface area contributed by atoms with Crippen molar-refractivity contribution in [2.24, 2.45) is 0 Å². The van der Waals surface area contributed by atoms with E-state index in [0.29, 0.717) is 18.8 Å². The third-order valence-corrected chi connectivity index (χ3v) is 7.52. The van der Waals surface area contributed by atoms with Gasteiger partial charge in [-0.3, -0.25) is 4.79 Å². The molecule has 3 rings (SSSR count). The number of hydrogen-bond acceptors (Lipinski definition) is 4. The van der Waals surface area contributed by atoms with Crippen LogP contribution in [0.1, 0.15) is 11.1 Å². The maximum atomic E-state index is 13.0. The van der Waals surface area contributed by atoms with Crippen LogP contribution in [0.2, 0.25) is 0 Å². The summed E-state index contributed by atoms with van der Waals surface area (Å²) in [6, 6.07) is 13.0. The third kappa shape index (κ3) is 5.12. The molecule has 2 aromatic rings. The quantitative estimate of drug-likeness (QED) is 0.718. The van der Waals surface area contributed by atoms with E-state index in [1.165, 1.54) is 27.6 Å². The molecule has 0 aliphatic carbocycles. The highest BCUT2D eigenvalue weighted by atomic mass is 32.2. The molecule has 0 saturated carbocycles. The number of amides is 1. The van der Waals surface area contributed by atoms with Crippen LogP contribution in [0.5, 0.6) is 0 Å². The van der Waals surface area contributed by atoms with E-state index in [0.717, 1.165) is 17.9 Å². The van der Waals surface area contributed by atoms with Crippen molar-refractivity contribution in [1.29, 1.82) is 0 Å². The van der Waals surface area contributed by atoms with Gasteiger partial charge in [-0.05, 0) is 36.8 Å². The lowest BCUT2D eigenvalue weighted by Gasteiger charge is -2.34. The Morgan fingerprint density at radius 2 is 1.75 bits per heavy atom. The fraction of sp³-hybridized carbons (Fsp3) is 0.350. The average Bonchev–Trinajstić information content (AvgIpc) is 2.68. The minimum atomic E-state index is -3.66. The Labute approximate surface area is 169 Å². The standard InChI is InChI=1S/C20H23FN2O3S2/c1-16-3-2-4-17(13-16)14-27-15-20(24)22-9-11-23(12-10-22)28(25,26)19-7-5-18(21)6-8-19/h2-8,13H,9-12,14-15H2,1H3. The molecule has 0 radical (unpaired) electrons. The van der Waals surface area contributed by atoms with Gasteiger partial charge in [0.05, 0.1) is 10.6 Å². The van der Waals surface area contributed by atoms with Crippen LogP contribution >= 0.6 is 11.8 Å². The van der Waals surface area contributed by atoms with E-state index in [9.17, 15) is 17.6 Å². The van der Waals surface area contributed by atoms with Gasteiger partial charge < -0.3 is 4.90 Å². The molecule has 1 amide bonds. The van der Waals surface area contributed by atoms with Gasteiger partial charge in [0, 0.05) is 31.9 Å². The van der Waals surface area contributed by atoms with Crippen LogP contribution in [0, 0.1) is 12.7 Å². The minimum Gasteiger partial charge on any atom is -0.339 e. The van der Waals surface area contributed by atoms with Gasteiger partial charge in [-0.25, -0.2) is 12.8 Å². The first-order valence-electron chi connectivity index (χ1n) is 9.03. The molecule has 150 valence electrons. The molecule has 0 unspecified atom stereocenters. The summed E-state index contributed by atoms with van der Waals surface area (Å²) in [6.45, 7) is 3.26. The first-order chi connectivity index (χ1) is 13.4. The number of piperazine rings is 1. The first kappa shape index (κ1) is 20.8. The molecule has 1 aliphatic rings. The van der Waals surface area contributed by atoms with E-state index < -0.39 is 15.8 Å². The lowest BCUT2D eigenvalue weighted by molar-refractivity contribution is -0.129. The van der Waals surface area contributed by atoms with Crippen LogP contribution in [0.15, 0.2) is 53.4 Å². The number of carbonyl (C=O) groups excluding carboxylic acids is 1. The molecule has 28 heavy (non-hydrogen) atoms. The van der Waals surface area contributed by atoms with Crippen LogP contribution in [-0.4, -0.2) is 55.5 Å². The van der Waals surface area contributed by atoms with Crippen LogP contribution in [0.4, 0.5) is 4.39 Å². The average molecular weight is 423 g/mol. The molecule has 1 fully saturated rings.